The summed E-state index contributed by atoms with van der Waals surface area (Å²) in [5.74, 6) is 0.808. The Balaban J connectivity index is 2.69. The van der Waals surface area contributed by atoms with E-state index in [2.05, 4.69) is 9.97 Å². The zero-order valence-corrected chi connectivity index (χ0v) is 7.37. The van der Waals surface area contributed by atoms with E-state index in [4.69, 9.17) is 0 Å². The van der Waals surface area contributed by atoms with Crippen molar-refractivity contribution in [3.8, 4) is 0 Å². The second-order valence-electron chi connectivity index (χ2n) is 2.68. The second kappa shape index (κ2) is 3.95. The summed E-state index contributed by atoms with van der Waals surface area (Å²) < 4.78 is 0. The Hall–Kier alpha value is -1.25. The molecule has 3 nitrogen and oxygen atoms in total. The van der Waals surface area contributed by atoms with E-state index in [0.717, 1.165) is 5.69 Å². The molecule has 64 valence electrons. The van der Waals surface area contributed by atoms with Crippen LogP contribution in [0.5, 0.6) is 0 Å². The van der Waals surface area contributed by atoms with E-state index < -0.39 is 0 Å². The van der Waals surface area contributed by atoms with Crippen LogP contribution in [-0.4, -0.2) is 15.8 Å². The van der Waals surface area contributed by atoms with Gasteiger partial charge in [0, 0.05) is 18.3 Å². The lowest BCUT2D eigenvalue weighted by Crippen LogP contribution is -2.05. The number of hydrogen-bond donors (Lipinski definition) is 0. The number of carbonyl (C=O) groups excluding carboxylic acids is 1. The van der Waals surface area contributed by atoms with Gasteiger partial charge in [0.1, 0.15) is 11.6 Å². The number of rotatable bonds is 3. The van der Waals surface area contributed by atoms with Crippen molar-refractivity contribution >= 4 is 5.78 Å². The maximum Gasteiger partial charge on any atom is 0.140 e. The minimum Gasteiger partial charge on any atom is -0.299 e. The fraction of sp³-hybridized carbons (Fsp3) is 0.444. The first-order chi connectivity index (χ1) is 5.72. The summed E-state index contributed by atoms with van der Waals surface area (Å²) in [7, 11) is 0. The van der Waals surface area contributed by atoms with E-state index >= 15 is 0 Å². The molecular weight excluding hydrogens is 152 g/mol. The summed E-state index contributed by atoms with van der Waals surface area (Å²) in [4.78, 5) is 19.1. The Morgan fingerprint density at radius 3 is 2.92 bits per heavy atom. The summed E-state index contributed by atoms with van der Waals surface area (Å²) >= 11 is 0. The van der Waals surface area contributed by atoms with Crippen LogP contribution in [0.15, 0.2) is 12.3 Å². The predicted molar refractivity (Wildman–Crippen MR) is 45.8 cm³/mol. The first-order valence-electron chi connectivity index (χ1n) is 4.02. The van der Waals surface area contributed by atoms with Gasteiger partial charge in [0.15, 0.2) is 0 Å². The van der Waals surface area contributed by atoms with Gasteiger partial charge in [-0.2, -0.15) is 0 Å². The molecule has 0 spiro atoms. The van der Waals surface area contributed by atoms with Crippen molar-refractivity contribution in [3.63, 3.8) is 0 Å². The molecule has 0 aliphatic rings. The molecule has 12 heavy (non-hydrogen) atoms. The van der Waals surface area contributed by atoms with Crippen molar-refractivity contribution in [2.45, 2.75) is 26.7 Å². The van der Waals surface area contributed by atoms with Gasteiger partial charge in [-0.25, -0.2) is 9.97 Å². The Labute approximate surface area is 71.9 Å². The van der Waals surface area contributed by atoms with Crippen LogP contribution in [0.1, 0.15) is 24.9 Å². The van der Waals surface area contributed by atoms with Gasteiger partial charge < -0.3 is 0 Å². The van der Waals surface area contributed by atoms with Crippen LogP contribution in [0.3, 0.4) is 0 Å². The third kappa shape index (κ3) is 2.42. The van der Waals surface area contributed by atoms with Crippen LogP contribution in [-0.2, 0) is 11.2 Å². The monoisotopic (exact) mass is 164 g/mol. The maximum absolute atomic E-state index is 11.0. The molecule has 0 saturated heterocycles. The molecule has 0 unspecified atom stereocenters. The van der Waals surface area contributed by atoms with Crippen molar-refractivity contribution in [1.29, 1.82) is 0 Å². The van der Waals surface area contributed by atoms with E-state index in [1.165, 1.54) is 0 Å². The third-order valence-electron chi connectivity index (χ3n) is 1.59. The smallest absolute Gasteiger partial charge is 0.140 e. The van der Waals surface area contributed by atoms with Crippen LogP contribution in [0.4, 0.5) is 0 Å². The SMILES string of the molecule is CCC(=O)Cc1nccc(C)n1. The van der Waals surface area contributed by atoms with Crippen molar-refractivity contribution in [1.82, 2.24) is 9.97 Å². The summed E-state index contributed by atoms with van der Waals surface area (Å²) in [5, 5.41) is 0. The zero-order valence-electron chi connectivity index (χ0n) is 7.37. The van der Waals surface area contributed by atoms with Crippen LogP contribution in [0, 0.1) is 6.92 Å². The molecule has 0 N–H and O–H groups in total. The van der Waals surface area contributed by atoms with E-state index in [1.54, 1.807) is 6.20 Å². The van der Waals surface area contributed by atoms with Crippen molar-refractivity contribution in [2.24, 2.45) is 0 Å². The molecule has 0 saturated carbocycles. The van der Waals surface area contributed by atoms with Crippen LogP contribution >= 0.6 is 0 Å². The Morgan fingerprint density at radius 1 is 1.58 bits per heavy atom. The van der Waals surface area contributed by atoms with Gasteiger partial charge in [-0.3, -0.25) is 4.79 Å². The number of carbonyl (C=O) groups is 1. The fourth-order valence-electron chi connectivity index (χ4n) is 0.887. The lowest BCUT2D eigenvalue weighted by Gasteiger charge is -1.97. The highest BCUT2D eigenvalue weighted by molar-refractivity contribution is 5.79. The molecule has 0 aliphatic carbocycles. The summed E-state index contributed by atoms with van der Waals surface area (Å²) in [6, 6.07) is 1.82. The highest BCUT2D eigenvalue weighted by Crippen LogP contribution is 1.96. The zero-order chi connectivity index (χ0) is 8.97. The Kier molecular flexibility index (Phi) is 2.91. The molecule has 0 atom stereocenters. The highest BCUT2D eigenvalue weighted by Gasteiger charge is 2.02. The van der Waals surface area contributed by atoms with Gasteiger partial charge in [0.25, 0.3) is 0 Å². The molecule has 1 heterocycles. The molecule has 1 aromatic heterocycles. The molecule has 0 radical (unpaired) electrons. The van der Waals surface area contributed by atoms with Gasteiger partial charge >= 0.3 is 0 Å². The summed E-state index contributed by atoms with van der Waals surface area (Å²) in [6.45, 7) is 3.74. The summed E-state index contributed by atoms with van der Waals surface area (Å²) in [5.41, 5.74) is 0.906. The Morgan fingerprint density at radius 2 is 2.33 bits per heavy atom. The predicted octanol–water partition coefficient (Wildman–Crippen LogP) is 1.31. The molecule has 1 aromatic rings. The maximum atomic E-state index is 11.0. The van der Waals surface area contributed by atoms with Gasteiger partial charge in [0.05, 0.1) is 6.42 Å². The second-order valence-corrected chi connectivity index (χ2v) is 2.68. The van der Waals surface area contributed by atoms with Crippen molar-refractivity contribution < 1.29 is 4.79 Å². The lowest BCUT2D eigenvalue weighted by molar-refractivity contribution is -0.118. The average Bonchev–Trinajstić information content (AvgIpc) is 2.04. The van der Waals surface area contributed by atoms with Crippen LogP contribution < -0.4 is 0 Å². The average molecular weight is 164 g/mol. The van der Waals surface area contributed by atoms with Crippen molar-refractivity contribution in [2.75, 3.05) is 0 Å². The van der Waals surface area contributed by atoms with E-state index in [-0.39, 0.29) is 5.78 Å². The molecule has 0 aromatic carbocycles. The van der Waals surface area contributed by atoms with E-state index in [9.17, 15) is 4.79 Å². The lowest BCUT2D eigenvalue weighted by atomic mass is 10.2. The van der Waals surface area contributed by atoms with Gasteiger partial charge in [-0.05, 0) is 13.0 Å². The largest absolute Gasteiger partial charge is 0.299 e. The molecule has 0 fully saturated rings. The minimum atomic E-state index is 0.181. The van der Waals surface area contributed by atoms with Crippen LogP contribution in [0.25, 0.3) is 0 Å². The van der Waals surface area contributed by atoms with E-state index in [0.29, 0.717) is 18.7 Å². The number of Topliss-reactive ketones (excluding diaryl/α,β-unsaturated/α-hetero) is 1. The van der Waals surface area contributed by atoms with Gasteiger partial charge in [-0.1, -0.05) is 6.92 Å². The molecule has 1 rings (SSSR count). The number of aryl methyl sites for hydroxylation is 1. The first kappa shape index (κ1) is 8.84. The highest BCUT2D eigenvalue weighted by atomic mass is 16.1. The van der Waals surface area contributed by atoms with Crippen molar-refractivity contribution in [3.05, 3.63) is 23.8 Å². The molecule has 0 bridgehead atoms. The van der Waals surface area contributed by atoms with Gasteiger partial charge in [-0.15, -0.1) is 0 Å². The number of ketones is 1. The molecule has 3 heteroatoms. The molecule has 0 amide bonds. The number of aromatic nitrogens is 2. The standard InChI is InChI=1S/C9H12N2O/c1-3-8(12)6-9-10-5-4-7(2)11-9/h4-5H,3,6H2,1-2H3. The summed E-state index contributed by atoms with van der Waals surface area (Å²) in [6.07, 6.45) is 2.59. The number of hydrogen-bond acceptors (Lipinski definition) is 3. The normalized spacial score (nSPS) is 9.83. The van der Waals surface area contributed by atoms with Crippen LogP contribution in [0.2, 0.25) is 0 Å². The fourth-order valence-corrected chi connectivity index (χ4v) is 0.887. The number of nitrogens with zero attached hydrogens (tertiary/aromatic N) is 2. The molecular formula is C9H12N2O. The topological polar surface area (TPSA) is 42.9 Å². The van der Waals surface area contributed by atoms with Gasteiger partial charge in [0.2, 0.25) is 0 Å². The third-order valence-corrected chi connectivity index (χ3v) is 1.59. The Bertz CT molecular complexity index is 284. The first-order valence-corrected chi connectivity index (χ1v) is 4.02. The van der Waals surface area contributed by atoms with E-state index in [1.807, 2.05) is 19.9 Å². The molecule has 0 aliphatic heterocycles. The quantitative estimate of drug-likeness (QED) is 0.676. The minimum absolute atomic E-state index is 0.181.